The van der Waals surface area contributed by atoms with Crippen molar-refractivity contribution in [3.63, 3.8) is 0 Å². The van der Waals surface area contributed by atoms with E-state index < -0.39 is 11.8 Å². The Morgan fingerprint density at radius 3 is 2.50 bits per heavy atom. The van der Waals surface area contributed by atoms with Crippen molar-refractivity contribution >= 4 is 18.3 Å². The average molecular weight is 194 g/mol. The van der Waals surface area contributed by atoms with Gasteiger partial charge >= 0.3 is 5.97 Å². The molecule has 0 atom stereocenters. The minimum Gasteiger partial charge on any atom is -0.478 e. The summed E-state index contributed by atoms with van der Waals surface area (Å²) in [5.41, 5.74) is 0.518. The van der Waals surface area contributed by atoms with E-state index >= 15 is 0 Å². The Bertz CT molecular complexity index is 396. The summed E-state index contributed by atoms with van der Waals surface area (Å²) in [6.07, 6.45) is 2.60. The Morgan fingerprint density at radius 1 is 1.29 bits per heavy atom. The smallest absolute Gasteiger partial charge is 0.328 e. The zero-order valence-corrected chi connectivity index (χ0v) is 7.11. The number of carboxylic acids is 1. The van der Waals surface area contributed by atoms with Crippen LogP contribution < -0.4 is 0 Å². The Labute approximate surface area is 79.5 Å². The fraction of sp³-hybridized carbons (Fsp3) is 0. The van der Waals surface area contributed by atoms with Gasteiger partial charge in [-0.3, -0.25) is 4.79 Å². The summed E-state index contributed by atoms with van der Waals surface area (Å²) in [6, 6.07) is 3.62. The normalized spacial score (nSPS) is 10.4. The first-order chi connectivity index (χ1) is 6.61. The molecule has 1 rings (SSSR count). The van der Waals surface area contributed by atoms with Gasteiger partial charge in [-0.1, -0.05) is 0 Å². The average Bonchev–Trinajstić information content (AvgIpc) is 2.14. The van der Waals surface area contributed by atoms with E-state index in [-0.39, 0.29) is 5.56 Å². The van der Waals surface area contributed by atoms with Crippen molar-refractivity contribution in [2.45, 2.75) is 0 Å². The van der Waals surface area contributed by atoms with Crippen LogP contribution in [0.3, 0.4) is 0 Å². The second-order valence-electron chi connectivity index (χ2n) is 2.61. The Balaban J connectivity index is 3.03. The quantitative estimate of drug-likeness (QED) is 0.589. The Kier molecular flexibility index (Phi) is 3.12. The number of aliphatic carboxylic acids is 1. The van der Waals surface area contributed by atoms with Gasteiger partial charge in [0.1, 0.15) is 12.1 Å². The number of halogens is 1. The van der Waals surface area contributed by atoms with Gasteiger partial charge in [0.2, 0.25) is 0 Å². The van der Waals surface area contributed by atoms with Crippen LogP contribution in [-0.2, 0) is 4.79 Å². The van der Waals surface area contributed by atoms with Gasteiger partial charge in [-0.25, -0.2) is 9.18 Å². The highest BCUT2D eigenvalue weighted by Gasteiger charge is 1.97. The molecule has 1 N–H and O–H groups in total. The molecule has 0 amide bonds. The zero-order chi connectivity index (χ0) is 10.6. The maximum atomic E-state index is 12.8. The lowest BCUT2D eigenvalue weighted by Gasteiger charge is -1.95. The predicted octanol–water partition coefficient (Wildman–Crippen LogP) is 1.74. The largest absolute Gasteiger partial charge is 0.478 e. The van der Waals surface area contributed by atoms with Crippen molar-refractivity contribution < 1.29 is 19.1 Å². The maximum Gasteiger partial charge on any atom is 0.328 e. The van der Waals surface area contributed by atoms with Gasteiger partial charge in [0, 0.05) is 11.6 Å². The molecule has 1 aromatic rings. The molecule has 1 aromatic carbocycles. The fourth-order valence-electron chi connectivity index (χ4n) is 0.968. The number of aldehydes is 1. The van der Waals surface area contributed by atoms with Crippen molar-refractivity contribution in [2.75, 3.05) is 0 Å². The molecule has 4 heteroatoms. The second kappa shape index (κ2) is 4.32. The molecule has 14 heavy (non-hydrogen) atoms. The summed E-state index contributed by atoms with van der Waals surface area (Å²) >= 11 is 0. The second-order valence-corrected chi connectivity index (χ2v) is 2.61. The van der Waals surface area contributed by atoms with Crippen molar-refractivity contribution in [3.8, 4) is 0 Å². The van der Waals surface area contributed by atoms with E-state index in [1.807, 2.05) is 0 Å². The standard InChI is InChI=1S/C10H7FO3/c11-9-4-7(1-2-10(13)14)3-8(5-9)6-12/h1-6H,(H,13,14). The first kappa shape index (κ1) is 10.1. The number of hydrogen-bond donors (Lipinski definition) is 1. The number of benzene rings is 1. The molecule has 0 radical (unpaired) electrons. The van der Waals surface area contributed by atoms with E-state index in [1.165, 1.54) is 12.1 Å². The van der Waals surface area contributed by atoms with Gasteiger partial charge in [-0.05, 0) is 29.8 Å². The lowest BCUT2D eigenvalue weighted by atomic mass is 10.1. The first-order valence-electron chi connectivity index (χ1n) is 3.78. The van der Waals surface area contributed by atoms with E-state index in [4.69, 9.17) is 5.11 Å². The molecule has 0 unspecified atom stereocenters. The van der Waals surface area contributed by atoms with Crippen molar-refractivity contribution in [1.29, 1.82) is 0 Å². The molecule has 0 aliphatic heterocycles. The van der Waals surface area contributed by atoms with E-state index in [0.29, 0.717) is 11.8 Å². The van der Waals surface area contributed by atoms with E-state index in [9.17, 15) is 14.0 Å². The zero-order valence-electron chi connectivity index (χ0n) is 7.11. The number of carbonyl (C=O) groups is 2. The van der Waals surface area contributed by atoms with Gasteiger partial charge in [0.05, 0.1) is 0 Å². The van der Waals surface area contributed by atoms with Crippen LogP contribution in [0.2, 0.25) is 0 Å². The molecular formula is C10H7FO3. The highest BCUT2D eigenvalue weighted by atomic mass is 19.1. The van der Waals surface area contributed by atoms with Crippen LogP contribution in [0.1, 0.15) is 15.9 Å². The molecule has 0 aliphatic carbocycles. The Morgan fingerprint density at radius 2 is 1.93 bits per heavy atom. The number of carboxylic acid groups (broad SMARTS) is 1. The highest BCUT2D eigenvalue weighted by Crippen LogP contribution is 2.09. The van der Waals surface area contributed by atoms with Crippen LogP contribution >= 0.6 is 0 Å². The SMILES string of the molecule is O=Cc1cc(F)cc(C=CC(=O)O)c1. The Hall–Kier alpha value is -1.97. The molecule has 0 aromatic heterocycles. The van der Waals surface area contributed by atoms with Crippen LogP contribution in [-0.4, -0.2) is 17.4 Å². The minimum absolute atomic E-state index is 0.176. The summed E-state index contributed by atoms with van der Waals surface area (Å²) in [5, 5.41) is 8.32. The van der Waals surface area contributed by atoms with Gasteiger partial charge < -0.3 is 5.11 Å². The third-order valence-electron chi connectivity index (χ3n) is 1.50. The molecule has 0 saturated carbocycles. The lowest BCUT2D eigenvalue weighted by Crippen LogP contribution is -1.88. The van der Waals surface area contributed by atoms with Gasteiger partial charge in [0.15, 0.2) is 0 Å². The lowest BCUT2D eigenvalue weighted by molar-refractivity contribution is -0.131. The van der Waals surface area contributed by atoms with E-state index in [0.717, 1.165) is 18.2 Å². The monoisotopic (exact) mass is 194 g/mol. The molecular weight excluding hydrogens is 187 g/mol. The molecule has 3 nitrogen and oxygen atoms in total. The summed E-state index contributed by atoms with van der Waals surface area (Å²) in [7, 11) is 0. The molecule has 0 heterocycles. The van der Waals surface area contributed by atoms with Crippen molar-refractivity contribution in [3.05, 3.63) is 41.2 Å². The molecule has 0 fully saturated rings. The summed E-state index contributed by atoms with van der Waals surface area (Å²) in [5.74, 6) is -1.69. The van der Waals surface area contributed by atoms with Gasteiger partial charge in [-0.2, -0.15) is 0 Å². The van der Waals surface area contributed by atoms with Crippen LogP contribution in [0.15, 0.2) is 24.3 Å². The molecule has 0 saturated heterocycles. The van der Waals surface area contributed by atoms with Crippen molar-refractivity contribution in [2.24, 2.45) is 0 Å². The molecule has 72 valence electrons. The number of carbonyl (C=O) groups excluding carboxylic acids is 1. The third-order valence-corrected chi connectivity index (χ3v) is 1.50. The summed E-state index contributed by atoms with van der Waals surface area (Å²) < 4.78 is 12.8. The van der Waals surface area contributed by atoms with Crippen LogP contribution in [0, 0.1) is 5.82 Å². The van der Waals surface area contributed by atoms with Crippen LogP contribution in [0.4, 0.5) is 4.39 Å². The van der Waals surface area contributed by atoms with Gasteiger partial charge in [-0.15, -0.1) is 0 Å². The highest BCUT2D eigenvalue weighted by molar-refractivity contribution is 5.86. The number of rotatable bonds is 3. The summed E-state index contributed by atoms with van der Waals surface area (Å²) in [4.78, 5) is 20.5. The molecule has 0 spiro atoms. The van der Waals surface area contributed by atoms with E-state index in [2.05, 4.69) is 0 Å². The first-order valence-corrected chi connectivity index (χ1v) is 3.78. The van der Waals surface area contributed by atoms with Crippen molar-refractivity contribution in [1.82, 2.24) is 0 Å². The fourth-order valence-corrected chi connectivity index (χ4v) is 0.968. The van der Waals surface area contributed by atoms with E-state index in [1.54, 1.807) is 0 Å². The van der Waals surface area contributed by atoms with Crippen LogP contribution in [0.25, 0.3) is 6.08 Å². The third kappa shape index (κ3) is 2.82. The summed E-state index contributed by atoms with van der Waals surface area (Å²) in [6.45, 7) is 0. The molecule has 0 aliphatic rings. The molecule has 0 bridgehead atoms. The van der Waals surface area contributed by atoms with Crippen LogP contribution in [0.5, 0.6) is 0 Å². The minimum atomic E-state index is -1.12. The van der Waals surface area contributed by atoms with Gasteiger partial charge in [0.25, 0.3) is 0 Å². The number of hydrogen-bond acceptors (Lipinski definition) is 2. The topological polar surface area (TPSA) is 54.4 Å². The maximum absolute atomic E-state index is 12.8. The predicted molar refractivity (Wildman–Crippen MR) is 48.5 cm³/mol.